The van der Waals surface area contributed by atoms with E-state index in [1.54, 1.807) is 4.68 Å². The highest BCUT2D eigenvalue weighted by molar-refractivity contribution is 6.30. The molecule has 1 aliphatic carbocycles. The van der Waals surface area contributed by atoms with Crippen LogP contribution in [0.1, 0.15) is 56.2 Å². The number of ether oxygens (including phenoxy) is 2. The van der Waals surface area contributed by atoms with Gasteiger partial charge in [0.05, 0.1) is 5.57 Å². The van der Waals surface area contributed by atoms with E-state index >= 15 is 0 Å². The van der Waals surface area contributed by atoms with Gasteiger partial charge in [-0.05, 0) is 66.8 Å². The number of fused-ring (bicyclic) bond motifs is 1. The van der Waals surface area contributed by atoms with Crippen molar-refractivity contribution in [3.05, 3.63) is 76.0 Å². The number of rotatable bonds is 6. The van der Waals surface area contributed by atoms with Crippen LogP contribution in [0, 0.1) is 0 Å². The normalized spacial score (nSPS) is 18.2. The summed E-state index contributed by atoms with van der Waals surface area (Å²) in [6, 6.07) is 14.6. The fourth-order valence-electron chi connectivity index (χ4n) is 4.54. The Morgan fingerprint density at radius 1 is 1.12 bits per heavy atom. The minimum absolute atomic E-state index is 0.0612. The molecule has 5 rings (SSSR count). The molecule has 1 aliphatic heterocycles. The van der Waals surface area contributed by atoms with Crippen LogP contribution in [0.5, 0.6) is 5.75 Å². The van der Waals surface area contributed by atoms with Gasteiger partial charge in [0.25, 0.3) is 0 Å². The van der Waals surface area contributed by atoms with Gasteiger partial charge in [0.15, 0.2) is 0 Å². The van der Waals surface area contributed by atoms with E-state index in [-0.39, 0.29) is 12.1 Å². The molecule has 0 spiro atoms. The molecule has 0 amide bonds. The smallest absolute Gasteiger partial charge is 0.338 e. The molecule has 8 nitrogen and oxygen atoms in total. The van der Waals surface area contributed by atoms with Crippen molar-refractivity contribution < 1.29 is 14.3 Å². The standard InChI is InChI=1S/C25H26ClN5O3/c1-16-22(24(32)34-19-7-3-2-4-8-19)23(31-25(27-16)28-29-30-31)20-9-5-6-10-21(20)33-15-17-11-13-18(26)14-12-17/h5-6,9-14,19,23H,2-4,7-8,15H2,1H3,(H,27,28,30). The predicted molar refractivity (Wildman–Crippen MR) is 127 cm³/mol. The number of nitrogens with one attached hydrogen (secondary N) is 1. The lowest BCUT2D eigenvalue weighted by Crippen LogP contribution is -2.32. The van der Waals surface area contributed by atoms with Gasteiger partial charge in [0.1, 0.15) is 24.5 Å². The van der Waals surface area contributed by atoms with Gasteiger partial charge >= 0.3 is 5.97 Å². The lowest BCUT2D eigenvalue weighted by molar-refractivity contribution is -0.146. The van der Waals surface area contributed by atoms with Crippen LogP contribution in [0.15, 0.2) is 59.8 Å². The highest BCUT2D eigenvalue weighted by Crippen LogP contribution is 2.39. The molecule has 2 aromatic carbocycles. The third-order valence-corrected chi connectivity index (χ3v) is 6.53. The zero-order valence-corrected chi connectivity index (χ0v) is 19.7. The maximum absolute atomic E-state index is 13.5. The molecule has 2 heterocycles. The first-order chi connectivity index (χ1) is 16.6. The topological polar surface area (TPSA) is 91.2 Å². The van der Waals surface area contributed by atoms with Crippen LogP contribution in [0.3, 0.4) is 0 Å². The molecule has 1 saturated carbocycles. The second kappa shape index (κ2) is 9.85. The Labute approximate surface area is 202 Å². The van der Waals surface area contributed by atoms with Crippen molar-refractivity contribution in [1.29, 1.82) is 0 Å². The lowest BCUT2D eigenvalue weighted by atomic mass is 9.94. The summed E-state index contributed by atoms with van der Waals surface area (Å²) in [7, 11) is 0. The number of aromatic nitrogens is 4. The van der Waals surface area contributed by atoms with Gasteiger partial charge in [0.2, 0.25) is 5.95 Å². The molecular weight excluding hydrogens is 454 g/mol. The largest absolute Gasteiger partial charge is 0.489 e. The van der Waals surface area contributed by atoms with Crippen molar-refractivity contribution in [3.63, 3.8) is 0 Å². The molecule has 0 saturated heterocycles. The predicted octanol–water partition coefficient (Wildman–Crippen LogP) is 5.07. The van der Waals surface area contributed by atoms with Crippen LogP contribution in [0.25, 0.3) is 0 Å². The van der Waals surface area contributed by atoms with E-state index in [9.17, 15) is 4.79 Å². The number of anilines is 1. The van der Waals surface area contributed by atoms with Gasteiger partial charge in [-0.25, -0.2) is 4.79 Å². The number of benzene rings is 2. The average Bonchev–Trinajstić information content (AvgIpc) is 3.32. The Bertz CT molecular complexity index is 1200. The van der Waals surface area contributed by atoms with Crippen molar-refractivity contribution in [2.24, 2.45) is 0 Å². The molecule has 1 N–H and O–H groups in total. The molecule has 1 atom stereocenters. The summed E-state index contributed by atoms with van der Waals surface area (Å²) < 4.78 is 13.8. The quantitative estimate of drug-likeness (QED) is 0.493. The van der Waals surface area contributed by atoms with Crippen molar-refractivity contribution in [2.75, 3.05) is 5.32 Å². The van der Waals surface area contributed by atoms with Crippen molar-refractivity contribution in [3.8, 4) is 5.75 Å². The minimum Gasteiger partial charge on any atom is -0.489 e. The van der Waals surface area contributed by atoms with Crippen LogP contribution in [0.2, 0.25) is 5.02 Å². The molecule has 9 heteroatoms. The van der Waals surface area contributed by atoms with E-state index in [0.717, 1.165) is 36.8 Å². The molecule has 1 fully saturated rings. The van der Waals surface area contributed by atoms with Gasteiger partial charge in [-0.15, -0.1) is 0 Å². The fraction of sp³-hybridized carbons (Fsp3) is 0.360. The van der Waals surface area contributed by atoms with Crippen LogP contribution in [-0.4, -0.2) is 32.3 Å². The Balaban J connectivity index is 1.47. The molecule has 0 radical (unpaired) electrons. The molecule has 3 aromatic rings. The first-order valence-electron chi connectivity index (χ1n) is 11.5. The number of esters is 1. The molecule has 1 aromatic heterocycles. The molecule has 1 unspecified atom stereocenters. The van der Waals surface area contributed by atoms with Gasteiger partial charge in [0, 0.05) is 16.3 Å². The van der Waals surface area contributed by atoms with Crippen molar-refractivity contribution >= 4 is 23.5 Å². The number of tetrazole rings is 1. The van der Waals surface area contributed by atoms with Crippen molar-refractivity contribution in [1.82, 2.24) is 20.2 Å². The molecule has 0 bridgehead atoms. The summed E-state index contributed by atoms with van der Waals surface area (Å²) in [6.45, 7) is 2.20. The Morgan fingerprint density at radius 2 is 1.88 bits per heavy atom. The van der Waals surface area contributed by atoms with E-state index in [4.69, 9.17) is 21.1 Å². The molecule has 2 aliphatic rings. The second-order valence-electron chi connectivity index (χ2n) is 8.63. The SMILES string of the molecule is CC1=C(C(=O)OC2CCCCC2)C(c2ccccc2OCc2ccc(Cl)cc2)n2nnnc2N1. The van der Waals surface area contributed by atoms with E-state index in [1.807, 2.05) is 55.5 Å². The average molecular weight is 480 g/mol. The summed E-state index contributed by atoms with van der Waals surface area (Å²) in [5.41, 5.74) is 2.91. The summed E-state index contributed by atoms with van der Waals surface area (Å²) in [4.78, 5) is 13.5. The van der Waals surface area contributed by atoms with Crippen molar-refractivity contribution in [2.45, 2.75) is 57.8 Å². The summed E-state index contributed by atoms with van der Waals surface area (Å²) in [5.74, 6) is 0.751. The Morgan fingerprint density at radius 3 is 2.68 bits per heavy atom. The van der Waals surface area contributed by atoms with E-state index in [2.05, 4.69) is 20.8 Å². The highest BCUT2D eigenvalue weighted by Gasteiger charge is 2.37. The fourth-order valence-corrected chi connectivity index (χ4v) is 4.67. The van der Waals surface area contributed by atoms with Crippen LogP contribution in [0.4, 0.5) is 5.95 Å². The van der Waals surface area contributed by atoms with E-state index in [1.165, 1.54) is 6.42 Å². The van der Waals surface area contributed by atoms with Gasteiger partial charge in [-0.1, -0.05) is 53.5 Å². The number of halogens is 1. The third kappa shape index (κ3) is 4.63. The number of carbonyl (C=O) groups excluding carboxylic acids is 1. The summed E-state index contributed by atoms with van der Waals surface area (Å²) in [5, 5.41) is 15.9. The number of hydrogen-bond donors (Lipinski definition) is 1. The number of allylic oxidation sites excluding steroid dienone is 1. The first-order valence-corrected chi connectivity index (χ1v) is 11.9. The number of carbonyl (C=O) groups is 1. The van der Waals surface area contributed by atoms with Crippen LogP contribution < -0.4 is 10.1 Å². The first kappa shape index (κ1) is 22.4. The molecular formula is C25H26ClN5O3. The maximum Gasteiger partial charge on any atom is 0.338 e. The monoisotopic (exact) mass is 479 g/mol. The summed E-state index contributed by atoms with van der Waals surface area (Å²) >= 11 is 6.00. The Hall–Kier alpha value is -3.39. The van der Waals surface area contributed by atoms with E-state index in [0.29, 0.717) is 34.6 Å². The lowest BCUT2D eigenvalue weighted by Gasteiger charge is -2.30. The highest BCUT2D eigenvalue weighted by atomic mass is 35.5. The summed E-state index contributed by atoms with van der Waals surface area (Å²) in [6.07, 6.45) is 5.08. The zero-order chi connectivity index (χ0) is 23.5. The van der Waals surface area contributed by atoms with E-state index < -0.39 is 6.04 Å². The van der Waals surface area contributed by atoms with Gasteiger partial charge in [-0.2, -0.15) is 4.68 Å². The number of hydrogen-bond acceptors (Lipinski definition) is 7. The second-order valence-corrected chi connectivity index (χ2v) is 9.07. The molecule has 176 valence electrons. The number of nitrogens with zero attached hydrogens (tertiary/aromatic N) is 4. The third-order valence-electron chi connectivity index (χ3n) is 6.28. The van der Waals surface area contributed by atoms with Gasteiger partial charge in [-0.3, -0.25) is 0 Å². The van der Waals surface area contributed by atoms with Crippen LogP contribution >= 0.6 is 11.6 Å². The minimum atomic E-state index is -0.580. The van der Waals surface area contributed by atoms with Crippen LogP contribution in [-0.2, 0) is 16.1 Å². The molecule has 34 heavy (non-hydrogen) atoms. The number of para-hydroxylation sites is 1. The zero-order valence-electron chi connectivity index (χ0n) is 18.9. The maximum atomic E-state index is 13.5. The Kier molecular flexibility index (Phi) is 6.49. The van der Waals surface area contributed by atoms with Gasteiger partial charge < -0.3 is 14.8 Å².